The molecule has 0 bridgehead atoms. The minimum Gasteiger partial charge on any atom is -0.475 e. The lowest BCUT2D eigenvalue weighted by Gasteiger charge is -2.38. The molecule has 340 valence electrons. The van der Waals surface area contributed by atoms with Crippen molar-refractivity contribution >= 4 is 53.5 Å². The zero-order chi connectivity index (χ0) is 46.0. The molecule has 0 aromatic heterocycles. The number of halogens is 3. The number of hydrogen-bond acceptors (Lipinski definition) is 13. The molecule has 20 nitrogen and oxygen atoms in total. The van der Waals surface area contributed by atoms with Gasteiger partial charge in [0.05, 0.1) is 14.2 Å². The Morgan fingerprint density at radius 3 is 1.58 bits per heavy atom. The second-order valence-corrected chi connectivity index (χ2v) is 15.8. The minimum atomic E-state index is -5.08. The van der Waals surface area contributed by atoms with Crippen LogP contribution in [0.15, 0.2) is 0 Å². The topological polar surface area (TPSA) is 256 Å². The lowest BCUT2D eigenvalue weighted by atomic mass is 10.1. The number of hydrogen-bond donors (Lipinski definition) is 3. The zero-order valence-electron chi connectivity index (χ0n) is 35.4. The van der Waals surface area contributed by atoms with Crippen molar-refractivity contribution in [2.24, 2.45) is 5.73 Å². The monoisotopic (exact) mass is 865 g/mol. The number of carboxylic acid groups (broad SMARTS) is 1. The molecule has 4 fully saturated rings. The van der Waals surface area contributed by atoms with Crippen LogP contribution in [-0.2, 0) is 52.6 Å². The lowest BCUT2D eigenvalue weighted by Crippen LogP contribution is -2.62. The number of nitrogens with zero attached hydrogens (tertiary/aromatic N) is 5. The number of carbonyl (C=O) groups is 9. The molecule has 4 rings (SSSR count). The van der Waals surface area contributed by atoms with Gasteiger partial charge in [-0.25, -0.2) is 19.2 Å². The van der Waals surface area contributed by atoms with Crippen LogP contribution in [0.1, 0.15) is 80.1 Å². The summed E-state index contributed by atoms with van der Waals surface area (Å²) in [7, 11) is 4.03. The minimum absolute atomic E-state index is 0.0279. The van der Waals surface area contributed by atoms with Gasteiger partial charge in [0.1, 0.15) is 35.8 Å². The number of alkyl halides is 3. The van der Waals surface area contributed by atoms with Crippen LogP contribution in [-0.4, -0.2) is 185 Å². The first-order valence-electron chi connectivity index (χ1n) is 19.3. The van der Waals surface area contributed by atoms with Gasteiger partial charge in [-0.15, -0.1) is 0 Å². The molecule has 0 radical (unpaired) electrons. The highest BCUT2D eigenvalue weighted by Gasteiger charge is 2.47. The number of likely N-dealkylation sites (N-methyl/N-ethyl adjacent to an activating group) is 1. The van der Waals surface area contributed by atoms with Crippen molar-refractivity contribution in [1.29, 1.82) is 0 Å². The Morgan fingerprint density at radius 1 is 0.783 bits per heavy atom. The molecule has 7 atom stereocenters. The second-order valence-electron chi connectivity index (χ2n) is 15.8. The third kappa shape index (κ3) is 13.7. The third-order valence-electron chi connectivity index (χ3n) is 10.5. The Balaban J connectivity index is 0.000000386. The van der Waals surface area contributed by atoms with Crippen molar-refractivity contribution in [2.75, 3.05) is 47.4 Å². The van der Waals surface area contributed by atoms with Crippen LogP contribution < -0.4 is 11.1 Å². The number of aliphatic carboxylic acids is 1. The van der Waals surface area contributed by atoms with Gasteiger partial charge >= 0.3 is 30.2 Å². The predicted octanol–water partition coefficient (Wildman–Crippen LogP) is 0.243. The highest BCUT2D eigenvalue weighted by atomic mass is 19.4. The highest BCUT2D eigenvalue weighted by Crippen LogP contribution is 2.31. The molecule has 4 aliphatic rings. The van der Waals surface area contributed by atoms with Crippen LogP contribution in [0.2, 0.25) is 0 Å². The SMILES string of the molecule is COC(=O)[C@@H]1CC[C@@H]2CCN(C(C)=O)C[C@H](N)C(=O)N21.COC(=O)[C@@H]1CC[C@@H]2CCN(C(C)=O)C[C@H](NC(=O)[C@H](C)N(C)C(=O)OC(C)(C)C)C(=O)N21.O=C(O)C(F)(F)F. The van der Waals surface area contributed by atoms with Gasteiger partial charge in [-0.1, -0.05) is 0 Å². The molecular formula is C37H58F3N7O13. The summed E-state index contributed by atoms with van der Waals surface area (Å²) in [6.45, 7) is 10.7. The van der Waals surface area contributed by atoms with E-state index in [2.05, 4.69) is 5.32 Å². The molecule has 0 saturated carbocycles. The summed E-state index contributed by atoms with van der Waals surface area (Å²) >= 11 is 0. The fraction of sp³-hybridized carbons (Fsp3) is 0.757. The van der Waals surface area contributed by atoms with Crippen molar-refractivity contribution in [1.82, 2.24) is 29.8 Å². The normalized spacial score (nSPS) is 24.8. The maximum Gasteiger partial charge on any atom is 0.490 e. The van der Waals surface area contributed by atoms with Gasteiger partial charge in [0.15, 0.2) is 0 Å². The van der Waals surface area contributed by atoms with E-state index >= 15 is 0 Å². The molecule has 4 heterocycles. The van der Waals surface area contributed by atoms with Gasteiger partial charge < -0.3 is 50.0 Å². The largest absolute Gasteiger partial charge is 0.490 e. The molecular weight excluding hydrogens is 807 g/mol. The van der Waals surface area contributed by atoms with E-state index in [4.69, 9.17) is 29.8 Å². The van der Waals surface area contributed by atoms with Crippen LogP contribution >= 0.6 is 0 Å². The van der Waals surface area contributed by atoms with Crippen molar-refractivity contribution in [2.45, 2.75) is 134 Å². The molecule has 4 aliphatic heterocycles. The Hall–Kier alpha value is -5.22. The Bertz CT molecular complexity index is 1630. The number of carboxylic acids is 1. The molecule has 4 saturated heterocycles. The summed E-state index contributed by atoms with van der Waals surface area (Å²) in [5.74, 6) is -5.23. The first-order chi connectivity index (χ1) is 27.7. The summed E-state index contributed by atoms with van der Waals surface area (Å²) in [5, 5.41) is 9.81. The average Bonchev–Trinajstić information content (AvgIpc) is 3.77. The zero-order valence-corrected chi connectivity index (χ0v) is 35.4. The summed E-state index contributed by atoms with van der Waals surface area (Å²) in [5.41, 5.74) is 5.17. The van der Waals surface area contributed by atoms with E-state index in [1.807, 2.05) is 0 Å². The summed E-state index contributed by atoms with van der Waals surface area (Å²) < 4.78 is 46.7. The van der Waals surface area contributed by atoms with Gasteiger partial charge in [0.25, 0.3) is 0 Å². The number of methoxy groups -OCH3 is 2. The maximum absolute atomic E-state index is 13.5. The molecule has 0 unspecified atom stereocenters. The Morgan fingerprint density at radius 2 is 1.20 bits per heavy atom. The predicted molar refractivity (Wildman–Crippen MR) is 202 cm³/mol. The number of carbonyl (C=O) groups excluding carboxylic acids is 8. The Kier molecular flexibility index (Phi) is 18.1. The number of rotatable bonds is 5. The maximum atomic E-state index is 13.5. The van der Waals surface area contributed by atoms with Gasteiger partial charge in [-0.05, 0) is 66.2 Å². The van der Waals surface area contributed by atoms with Gasteiger partial charge in [-0.3, -0.25) is 28.9 Å². The molecule has 0 aromatic carbocycles. The number of fused-ring (bicyclic) bond motifs is 2. The molecule has 4 N–H and O–H groups in total. The average molecular weight is 866 g/mol. The molecule has 6 amide bonds. The lowest BCUT2D eigenvalue weighted by molar-refractivity contribution is -0.192. The number of esters is 2. The van der Waals surface area contributed by atoms with Crippen LogP contribution in [0.4, 0.5) is 18.0 Å². The van der Waals surface area contributed by atoms with Crippen LogP contribution in [0.5, 0.6) is 0 Å². The van der Waals surface area contributed by atoms with E-state index in [9.17, 15) is 51.5 Å². The van der Waals surface area contributed by atoms with Crippen LogP contribution in [0.25, 0.3) is 0 Å². The number of amides is 6. The van der Waals surface area contributed by atoms with Crippen molar-refractivity contribution in [3.63, 3.8) is 0 Å². The molecule has 60 heavy (non-hydrogen) atoms. The molecule has 0 aromatic rings. The summed E-state index contributed by atoms with van der Waals surface area (Å²) in [6.07, 6.45) is -2.15. The van der Waals surface area contributed by atoms with Gasteiger partial charge in [0.2, 0.25) is 29.5 Å². The molecule has 23 heteroatoms. The third-order valence-corrected chi connectivity index (χ3v) is 10.5. The van der Waals surface area contributed by atoms with Crippen LogP contribution in [0.3, 0.4) is 0 Å². The first kappa shape index (κ1) is 50.9. The van der Waals surface area contributed by atoms with Crippen molar-refractivity contribution in [3.05, 3.63) is 0 Å². The quantitative estimate of drug-likeness (QED) is 0.247. The molecule has 0 spiro atoms. The van der Waals surface area contributed by atoms with E-state index < -0.39 is 77.8 Å². The van der Waals surface area contributed by atoms with E-state index in [-0.39, 0.29) is 42.9 Å². The number of ether oxygens (including phenoxy) is 3. The first-order valence-corrected chi connectivity index (χ1v) is 19.3. The fourth-order valence-electron chi connectivity index (χ4n) is 7.15. The van der Waals surface area contributed by atoms with Crippen molar-refractivity contribution < 1.29 is 75.6 Å². The summed E-state index contributed by atoms with van der Waals surface area (Å²) in [4.78, 5) is 115. The highest BCUT2D eigenvalue weighted by molar-refractivity contribution is 5.94. The van der Waals surface area contributed by atoms with E-state index in [0.717, 1.165) is 11.3 Å². The molecule has 0 aliphatic carbocycles. The standard InChI is InChI=1S/C22H36N4O7.C13H21N3O4.C2HF3O2/c1-13(24(6)21(31)33-22(3,4)5)18(28)23-16-12-25(14(2)27)11-10-15-8-9-17(20(30)32-7)26(15)19(16)29;1-8(17)15-6-5-9-3-4-11(13(19)20-2)16(9)12(18)10(14)7-15;3-2(4,5)1(6)7/h13,15-17H,8-12H2,1-7H3,(H,23,28);9-11H,3-7,14H2,1-2H3;(H,6,7)/t13-,15+,16-,17-;9-,10+,11+;/m01./s1. The van der Waals surface area contributed by atoms with E-state index in [0.29, 0.717) is 45.2 Å². The van der Waals surface area contributed by atoms with Gasteiger partial charge in [-0.2, -0.15) is 13.2 Å². The smallest absolute Gasteiger partial charge is 0.475 e. The Labute approximate surface area is 346 Å². The fourth-order valence-corrected chi connectivity index (χ4v) is 7.15. The van der Waals surface area contributed by atoms with E-state index in [1.165, 1.54) is 51.8 Å². The summed E-state index contributed by atoms with van der Waals surface area (Å²) in [6, 6.07) is -4.32. The van der Waals surface area contributed by atoms with Crippen molar-refractivity contribution in [3.8, 4) is 0 Å². The second kappa shape index (κ2) is 21.3. The number of nitrogens with one attached hydrogen (secondary N) is 1. The van der Waals surface area contributed by atoms with E-state index in [1.54, 1.807) is 30.6 Å². The van der Waals surface area contributed by atoms with Crippen LogP contribution in [0, 0.1) is 0 Å². The number of nitrogens with two attached hydrogens (primary N) is 1. The van der Waals surface area contributed by atoms with Gasteiger partial charge in [0, 0.05) is 59.2 Å².